The Bertz CT molecular complexity index is 869. The zero-order valence-electron chi connectivity index (χ0n) is 11.9. The fraction of sp³-hybridized carbons (Fsp3) is 0.111. The molecule has 0 radical (unpaired) electrons. The van der Waals surface area contributed by atoms with Gasteiger partial charge in [0.1, 0.15) is 5.75 Å². The summed E-state index contributed by atoms with van der Waals surface area (Å²) in [6.07, 6.45) is 4.10. The van der Waals surface area contributed by atoms with Gasteiger partial charge in [0.25, 0.3) is 0 Å². The third kappa shape index (κ3) is 2.19. The molecule has 0 saturated heterocycles. The lowest BCUT2D eigenvalue weighted by atomic mass is 10.0. The van der Waals surface area contributed by atoms with Crippen LogP contribution in [0.4, 0.5) is 5.69 Å². The van der Waals surface area contributed by atoms with Gasteiger partial charge in [0, 0.05) is 23.3 Å². The van der Waals surface area contributed by atoms with Gasteiger partial charge in [-0.15, -0.1) is 0 Å². The van der Waals surface area contributed by atoms with Crippen molar-refractivity contribution < 1.29 is 9.53 Å². The van der Waals surface area contributed by atoms with Gasteiger partial charge in [0.2, 0.25) is 5.91 Å². The average Bonchev–Trinajstić information content (AvgIpc) is 2.74. The number of fused-ring (bicyclic) bond motifs is 2. The molecular formula is C18H14N2O2. The zero-order chi connectivity index (χ0) is 14.9. The third-order valence-electron chi connectivity index (χ3n) is 3.82. The highest BCUT2D eigenvalue weighted by Crippen LogP contribution is 2.34. The molecule has 4 nitrogen and oxygen atoms in total. The molecule has 0 aliphatic carbocycles. The van der Waals surface area contributed by atoms with Crippen LogP contribution in [0, 0.1) is 0 Å². The summed E-state index contributed by atoms with van der Waals surface area (Å²) in [4.78, 5) is 15.9. The maximum absolute atomic E-state index is 11.6. The molecule has 3 aromatic rings. The van der Waals surface area contributed by atoms with Crippen molar-refractivity contribution in [3.8, 4) is 16.9 Å². The second-order valence-corrected chi connectivity index (χ2v) is 5.27. The van der Waals surface area contributed by atoms with Crippen molar-refractivity contribution in [2.45, 2.75) is 6.42 Å². The van der Waals surface area contributed by atoms with Crippen LogP contribution in [0.3, 0.4) is 0 Å². The first-order valence-electron chi connectivity index (χ1n) is 7.21. The molecule has 22 heavy (non-hydrogen) atoms. The van der Waals surface area contributed by atoms with Gasteiger partial charge < -0.3 is 10.1 Å². The van der Waals surface area contributed by atoms with Gasteiger partial charge in [-0.25, -0.2) is 0 Å². The number of pyridine rings is 1. The van der Waals surface area contributed by atoms with Crippen LogP contribution in [-0.2, 0) is 4.79 Å². The Hall–Kier alpha value is -2.88. The predicted molar refractivity (Wildman–Crippen MR) is 85.9 cm³/mol. The summed E-state index contributed by atoms with van der Waals surface area (Å²) in [7, 11) is 0. The maximum atomic E-state index is 11.6. The highest BCUT2D eigenvalue weighted by atomic mass is 16.5. The van der Waals surface area contributed by atoms with E-state index in [2.05, 4.69) is 16.4 Å². The molecule has 4 rings (SSSR count). The molecule has 4 heteroatoms. The summed E-state index contributed by atoms with van der Waals surface area (Å²) < 4.78 is 5.69. The lowest BCUT2D eigenvalue weighted by molar-refractivity contribution is -0.116. The Morgan fingerprint density at radius 3 is 2.95 bits per heavy atom. The maximum Gasteiger partial charge on any atom is 0.227 e. The Balaban J connectivity index is 1.86. The molecule has 0 saturated carbocycles. The molecular weight excluding hydrogens is 276 g/mol. The van der Waals surface area contributed by atoms with Crippen LogP contribution in [0.5, 0.6) is 5.75 Å². The summed E-state index contributed by atoms with van der Waals surface area (Å²) in [5.74, 6) is 0.689. The molecule has 2 aromatic carbocycles. The second kappa shape index (κ2) is 5.15. The van der Waals surface area contributed by atoms with Crippen LogP contribution in [0.2, 0.25) is 0 Å². The molecule has 108 valence electrons. The first-order chi connectivity index (χ1) is 10.8. The number of carbonyl (C=O) groups excluding carboxylic acids is 1. The topological polar surface area (TPSA) is 51.2 Å². The number of amides is 1. The van der Waals surface area contributed by atoms with Crippen molar-refractivity contribution in [3.63, 3.8) is 0 Å². The molecule has 1 aromatic heterocycles. The summed E-state index contributed by atoms with van der Waals surface area (Å²) in [5.41, 5.74) is 2.80. The lowest BCUT2D eigenvalue weighted by Gasteiger charge is -2.11. The van der Waals surface area contributed by atoms with Gasteiger partial charge in [-0.3, -0.25) is 9.78 Å². The van der Waals surface area contributed by atoms with Crippen LogP contribution in [-0.4, -0.2) is 17.5 Å². The standard InChI is InChI=1S/C18H14N2O2/c21-18-7-8-22-17-9-12(5-6-16(17)20-18)15-11-19-10-13-3-1-2-4-14(13)15/h1-6,9-11H,7-8H2,(H,20,21). The Morgan fingerprint density at radius 1 is 1.09 bits per heavy atom. The largest absolute Gasteiger partial charge is 0.491 e. The molecule has 1 N–H and O–H groups in total. The molecule has 0 unspecified atom stereocenters. The summed E-state index contributed by atoms with van der Waals surface area (Å²) in [5, 5.41) is 5.11. The Morgan fingerprint density at radius 2 is 2.00 bits per heavy atom. The van der Waals surface area contributed by atoms with E-state index in [0.717, 1.165) is 27.6 Å². The van der Waals surface area contributed by atoms with Crippen molar-refractivity contribution in [2.24, 2.45) is 0 Å². The quantitative estimate of drug-likeness (QED) is 0.744. The van der Waals surface area contributed by atoms with Gasteiger partial charge in [-0.1, -0.05) is 30.3 Å². The summed E-state index contributed by atoms with van der Waals surface area (Å²) >= 11 is 0. The molecule has 0 fully saturated rings. The summed E-state index contributed by atoms with van der Waals surface area (Å²) in [6, 6.07) is 14.0. The normalized spacial score (nSPS) is 13.9. The Kier molecular flexibility index (Phi) is 3.00. The number of hydrogen-bond donors (Lipinski definition) is 1. The Labute approximate surface area is 127 Å². The van der Waals surface area contributed by atoms with Crippen molar-refractivity contribution >= 4 is 22.4 Å². The average molecular weight is 290 g/mol. The van der Waals surface area contributed by atoms with Crippen LogP contribution in [0.1, 0.15) is 6.42 Å². The fourth-order valence-corrected chi connectivity index (χ4v) is 2.73. The molecule has 1 aliphatic heterocycles. The van der Waals surface area contributed by atoms with E-state index in [1.165, 1.54) is 0 Å². The van der Waals surface area contributed by atoms with Gasteiger partial charge in [-0.05, 0) is 23.1 Å². The van der Waals surface area contributed by atoms with E-state index < -0.39 is 0 Å². The molecule has 1 amide bonds. The number of anilines is 1. The molecule has 1 aliphatic rings. The number of hydrogen-bond acceptors (Lipinski definition) is 3. The van der Waals surface area contributed by atoms with Crippen molar-refractivity contribution in [1.29, 1.82) is 0 Å². The number of aromatic nitrogens is 1. The van der Waals surface area contributed by atoms with Gasteiger partial charge in [0.05, 0.1) is 18.7 Å². The first kappa shape index (κ1) is 12.8. The first-order valence-corrected chi connectivity index (χ1v) is 7.21. The number of carbonyl (C=O) groups is 1. The van der Waals surface area contributed by atoms with Crippen molar-refractivity contribution in [2.75, 3.05) is 11.9 Å². The molecule has 2 heterocycles. The van der Waals surface area contributed by atoms with Crippen LogP contribution in [0.15, 0.2) is 54.9 Å². The van der Waals surface area contributed by atoms with Gasteiger partial charge in [0.15, 0.2) is 0 Å². The number of nitrogens with zero attached hydrogens (tertiary/aromatic N) is 1. The van der Waals surface area contributed by atoms with Gasteiger partial charge in [-0.2, -0.15) is 0 Å². The van der Waals surface area contributed by atoms with E-state index in [0.29, 0.717) is 18.8 Å². The zero-order valence-corrected chi connectivity index (χ0v) is 11.9. The van der Waals surface area contributed by atoms with E-state index in [-0.39, 0.29) is 5.91 Å². The fourth-order valence-electron chi connectivity index (χ4n) is 2.73. The smallest absolute Gasteiger partial charge is 0.227 e. The van der Waals surface area contributed by atoms with E-state index >= 15 is 0 Å². The highest BCUT2D eigenvalue weighted by molar-refractivity contribution is 5.97. The lowest BCUT2D eigenvalue weighted by Crippen LogP contribution is -2.10. The monoisotopic (exact) mass is 290 g/mol. The van der Waals surface area contributed by atoms with E-state index in [4.69, 9.17) is 4.74 Å². The van der Waals surface area contributed by atoms with E-state index in [1.807, 2.05) is 48.8 Å². The third-order valence-corrected chi connectivity index (χ3v) is 3.82. The number of rotatable bonds is 1. The highest BCUT2D eigenvalue weighted by Gasteiger charge is 2.15. The number of nitrogens with one attached hydrogen (secondary N) is 1. The molecule has 0 atom stereocenters. The van der Waals surface area contributed by atoms with E-state index in [9.17, 15) is 4.79 Å². The minimum absolute atomic E-state index is 0.0154. The second-order valence-electron chi connectivity index (χ2n) is 5.27. The number of benzene rings is 2. The minimum Gasteiger partial charge on any atom is -0.491 e. The van der Waals surface area contributed by atoms with Gasteiger partial charge >= 0.3 is 0 Å². The predicted octanol–water partition coefficient (Wildman–Crippen LogP) is 3.62. The molecule has 0 bridgehead atoms. The molecule has 0 spiro atoms. The minimum atomic E-state index is -0.0154. The van der Waals surface area contributed by atoms with E-state index in [1.54, 1.807) is 0 Å². The summed E-state index contributed by atoms with van der Waals surface area (Å²) in [6.45, 7) is 0.399. The SMILES string of the molecule is O=C1CCOc2cc(-c3cncc4ccccc34)ccc2N1. The van der Waals surface area contributed by atoms with Crippen LogP contribution in [0.25, 0.3) is 21.9 Å². The van der Waals surface area contributed by atoms with Crippen molar-refractivity contribution in [3.05, 3.63) is 54.9 Å². The van der Waals surface area contributed by atoms with Crippen LogP contribution >= 0.6 is 0 Å². The van der Waals surface area contributed by atoms with Crippen molar-refractivity contribution in [1.82, 2.24) is 4.98 Å². The van der Waals surface area contributed by atoms with Crippen LogP contribution < -0.4 is 10.1 Å². The number of ether oxygens (including phenoxy) is 1.